The number of aromatic nitrogens is 2. The maximum Gasteiger partial charge on any atom is 0.223 e. The fraction of sp³-hybridized carbons (Fsp3) is 0.333. The van der Waals surface area contributed by atoms with E-state index < -0.39 is 11.6 Å². The van der Waals surface area contributed by atoms with Crippen molar-refractivity contribution in [2.24, 2.45) is 0 Å². The average Bonchev–Trinajstić information content (AvgIpc) is 2.76. The summed E-state index contributed by atoms with van der Waals surface area (Å²) in [5.74, 6) is -1.02. The summed E-state index contributed by atoms with van der Waals surface area (Å²) in [6.07, 6.45) is 2.06. The van der Waals surface area contributed by atoms with Gasteiger partial charge in [0.2, 0.25) is 5.95 Å². The van der Waals surface area contributed by atoms with Crippen LogP contribution >= 0.6 is 0 Å². The second kappa shape index (κ2) is 10.1. The zero-order valence-electron chi connectivity index (χ0n) is 17.9. The van der Waals surface area contributed by atoms with E-state index in [2.05, 4.69) is 32.4 Å². The number of hydrogen-bond acceptors (Lipinski definition) is 5. The van der Waals surface area contributed by atoms with Crippen LogP contribution in [-0.2, 0) is 13.0 Å². The van der Waals surface area contributed by atoms with Crippen LogP contribution in [0.4, 0.5) is 19.1 Å². The number of rotatable bonds is 7. The van der Waals surface area contributed by atoms with Crippen molar-refractivity contribution in [1.29, 1.82) is 0 Å². The second-order valence-electron chi connectivity index (χ2n) is 8.05. The Morgan fingerprint density at radius 2 is 1.91 bits per heavy atom. The molecule has 1 saturated heterocycles. The summed E-state index contributed by atoms with van der Waals surface area (Å²) in [4.78, 5) is 11.0. The fourth-order valence-electron chi connectivity index (χ4n) is 3.87. The van der Waals surface area contributed by atoms with Gasteiger partial charge in [-0.3, -0.25) is 4.90 Å². The van der Waals surface area contributed by atoms with Crippen LogP contribution in [0.2, 0.25) is 0 Å². The van der Waals surface area contributed by atoms with E-state index in [1.54, 1.807) is 18.3 Å². The van der Waals surface area contributed by atoms with Gasteiger partial charge < -0.3 is 10.6 Å². The molecule has 2 heterocycles. The smallest absolute Gasteiger partial charge is 0.223 e. The molecular weight excluding hydrogens is 415 g/mol. The second-order valence-corrected chi connectivity index (χ2v) is 8.05. The highest BCUT2D eigenvalue weighted by Gasteiger charge is 2.19. The van der Waals surface area contributed by atoms with Crippen molar-refractivity contribution >= 4 is 5.95 Å². The minimum Gasteiger partial charge on any atom is -0.354 e. The maximum atomic E-state index is 14.5. The predicted octanol–water partition coefficient (Wildman–Crippen LogP) is 4.01. The standard InChI is InChI=1S/C24H26F3N5/c1-16-14-28-8-9-32(16)15-19-12-18(2-3-22(19)27)23-5-7-30-24(31-23)29-6-4-17-10-20(25)13-21(26)11-17/h2-3,5,7,10-13,16,28H,4,6,8-9,14-15H2,1H3,(H,29,30,31)/t16-/m0/s1. The number of benzene rings is 2. The molecule has 2 N–H and O–H groups in total. The van der Waals surface area contributed by atoms with Crippen LogP contribution in [0.15, 0.2) is 48.7 Å². The molecule has 0 radical (unpaired) electrons. The van der Waals surface area contributed by atoms with Gasteiger partial charge in [-0.2, -0.15) is 0 Å². The zero-order chi connectivity index (χ0) is 22.5. The predicted molar refractivity (Wildman–Crippen MR) is 119 cm³/mol. The van der Waals surface area contributed by atoms with E-state index in [1.807, 2.05) is 6.07 Å². The lowest BCUT2D eigenvalue weighted by Gasteiger charge is -2.34. The van der Waals surface area contributed by atoms with E-state index in [9.17, 15) is 13.2 Å². The monoisotopic (exact) mass is 441 g/mol. The Morgan fingerprint density at radius 1 is 1.09 bits per heavy atom. The first-order chi connectivity index (χ1) is 15.5. The van der Waals surface area contributed by atoms with Gasteiger partial charge in [-0.25, -0.2) is 23.1 Å². The van der Waals surface area contributed by atoms with Crippen LogP contribution in [0.25, 0.3) is 11.3 Å². The van der Waals surface area contributed by atoms with E-state index in [1.165, 1.54) is 18.2 Å². The molecule has 3 aromatic rings. The van der Waals surface area contributed by atoms with Gasteiger partial charge in [0.05, 0.1) is 5.69 Å². The summed E-state index contributed by atoms with van der Waals surface area (Å²) in [6.45, 7) is 5.76. The fourth-order valence-corrected chi connectivity index (χ4v) is 3.87. The molecule has 8 heteroatoms. The molecule has 0 unspecified atom stereocenters. The van der Waals surface area contributed by atoms with Gasteiger partial charge in [0, 0.05) is 62.2 Å². The minimum atomic E-state index is -0.597. The van der Waals surface area contributed by atoms with Crippen LogP contribution in [0, 0.1) is 17.5 Å². The molecule has 0 saturated carbocycles. The SMILES string of the molecule is C[C@H]1CNCCN1Cc1cc(-c2ccnc(NCCc3cc(F)cc(F)c3)n2)ccc1F. The lowest BCUT2D eigenvalue weighted by atomic mass is 10.1. The highest BCUT2D eigenvalue weighted by atomic mass is 19.1. The number of nitrogens with zero attached hydrogens (tertiary/aromatic N) is 3. The van der Waals surface area contributed by atoms with Gasteiger partial charge in [-0.1, -0.05) is 0 Å². The van der Waals surface area contributed by atoms with E-state index in [-0.39, 0.29) is 5.82 Å². The summed E-state index contributed by atoms with van der Waals surface area (Å²) >= 11 is 0. The first-order valence-corrected chi connectivity index (χ1v) is 10.7. The van der Waals surface area contributed by atoms with E-state index in [4.69, 9.17) is 0 Å². The van der Waals surface area contributed by atoms with Crippen LogP contribution < -0.4 is 10.6 Å². The van der Waals surface area contributed by atoms with Crippen molar-refractivity contribution in [1.82, 2.24) is 20.2 Å². The van der Waals surface area contributed by atoms with Gasteiger partial charge in [0.1, 0.15) is 17.5 Å². The highest BCUT2D eigenvalue weighted by Crippen LogP contribution is 2.23. The molecule has 0 amide bonds. The molecule has 1 aliphatic heterocycles. The summed E-state index contributed by atoms with van der Waals surface area (Å²) in [6, 6.07) is 10.6. The Morgan fingerprint density at radius 3 is 2.69 bits per heavy atom. The van der Waals surface area contributed by atoms with E-state index in [0.29, 0.717) is 48.3 Å². The Kier molecular flexibility index (Phi) is 7.02. The molecule has 5 nitrogen and oxygen atoms in total. The topological polar surface area (TPSA) is 53.1 Å². The Balaban J connectivity index is 1.44. The molecule has 1 fully saturated rings. The Bertz CT molecular complexity index is 1060. The Labute approximate surface area is 185 Å². The van der Waals surface area contributed by atoms with Crippen molar-refractivity contribution in [2.45, 2.75) is 25.9 Å². The third-order valence-corrected chi connectivity index (χ3v) is 5.63. The quantitative estimate of drug-likeness (QED) is 0.580. The summed E-state index contributed by atoms with van der Waals surface area (Å²) in [5, 5.41) is 6.43. The molecule has 4 rings (SSSR count). The van der Waals surface area contributed by atoms with Crippen LogP contribution in [-0.4, -0.2) is 47.1 Å². The van der Waals surface area contributed by atoms with Crippen molar-refractivity contribution in [3.63, 3.8) is 0 Å². The van der Waals surface area contributed by atoms with Gasteiger partial charge >= 0.3 is 0 Å². The number of nitrogens with one attached hydrogen (secondary N) is 2. The molecule has 1 aromatic heterocycles. The van der Waals surface area contributed by atoms with Crippen molar-refractivity contribution in [3.8, 4) is 11.3 Å². The Hall–Kier alpha value is -2.97. The van der Waals surface area contributed by atoms with Gasteiger partial charge in [0.15, 0.2) is 0 Å². The number of halogens is 3. The maximum absolute atomic E-state index is 14.5. The molecule has 0 aliphatic carbocycles. The summed E-state index contributed by atoms with van der Waals surface area (Å²) in [5.41, 5.74) is 2.67. The average molecular weight is 442 g/mol. The minimum absolute atomic E-state index is 0.228. The molecule has 2 aromatic carbocycles. The third kappa shape index (κ3) is 5.63. The molecule has 0 bridgehead atoms. The van der Waals surface area contributed by atoms with Gasteiger partial charge in [-0.05, 0) is 55.3 Å². The van der Waals surface area contributed by atoms with E-state index in [0.717, 1.165) is 31.3 Å². The summed E-state index contributed by atoms with van der Waals surface area (Å²) < 4.78 is 41.2. The lowest BCUT2D eigenvalue weighted by molar-refractivity contribution is 0.164. The molecule has 1 aliphatic rings. The van der Waals surface area contributed by atoms with Crippen molar-refractivity contribution in [2.75, 3.05) is 31.5 Å². The lowest BCUT2D eigenvalue weighted by Crippen LogP contribution is -2.49. The van der Waals surface area contributed by atoms with Crippen LogP contribution in [0.1, 0.15) is 18.1 Å². The highest BCUT2D eigenvalue weighted by molar-refractivity contribution is 5.61. The van der Waals surface area contributed by atoms with Gasteiger partial charge in [-0.15, -0.1) is 0 Å². The molecule has 1 atom stereocenters. The van der Waals surface area contributed by atoms with Crippen LogP contribution in [0.3, 0.4) is 0 Å². The first-order valence-electron chi connectivity index (χ1n) is 10.7. The van der Waals surface area contributed by atoms with Crippen molar-refractivity contribution in [3.05, 3.63) is 77.2 Å². The number of anilines is 1. The normalized spacial score (nSPS) is 16.8. The summed E-state index contributed by atoms with van der Waals surface area (Å²) in [7, 11) is 0. The van der Waals surface area contributed by atoms with Crippen molar-refractivity contribution < 1.29 is 13.2 Å². The zero-order valence-corrected chi connectivity index (χ0v) is 17.9. The van der Waals surface area contributed by atoms with Crippen LogP contribution in [0.5, 0.6) is 0 Å². The molecule has 168 valence electrons. The van der Waals surface area contributed by atoms with Gasteiger partial charge in [0.25, 0.3) is 0 Å². The number of hydrogen-bond donors (Lipinski definition) is 2. The molecule has 32 heavy (non-hydrogen) atoms. The van der Waals surface area contributed by atoms with E-state index >= 15 is 0 Å². The number of piperazine rings is 1. The first kappa shape index (κ1) is 22.2. The third-order valence-electron chi connectivity index (χ3n) is 5.63. The molecule has 0 spiro atoms. The largest absolute Gasteiger partial charge is 0.354 e. The molecular formula is C24H26F3N5.